The maximum absolute atomic E-state index is 14.6. The van der Waals surface area contributed by atoms with E-state index in [4.69, 9.17) is 10.2 Å². The van der Waals surface area contributed by atoms with Crippen molar-refractivity contribution in [3.63, 3.8) is 0 Å². The summed E-state index contributed by atoms with van der Waals surface area (Å²) in [7, 11) is -2.94. The first-order valence-corrected chi connectivity index (χ1v) is 17.0. The van der Waals surface area contributed by atoms with E-state index >= 15 is 0 Å². The van der Waals surface area contributed by atoms with Crippen molar-refractivity contribution in [2.24, 2.45) is 11.7 Å². The van der Waals surface area contributed by atoms with Crippen molar-refractivity contribution in [3.05, 3.63) is 96.6 Å². The number of carboxylic acid groups (broad SMARTS) is 1. The molecular weight excluding hydrogens is 543 g/mol. The molecule has 42 heavy (non-hydrogen) atoms. The van der Waals surface area contributed by atoms with Gasteiger partial charge in [0.2, 0.25) is 0 Å². The van der Waals surface area contributed by atoms with Crippen LogP contribution in [0.2, 0.25) is 5.04 Å². The topological polar surface area (TPSA) is 75.8 Å². The van der Waals surface area contributed by atoms with Crippen LogP contribution in [-0.4, -0.2) is 55.8 Å². The minimum Gasteiger partial charge on any atom is -0.465 e. The molecule has 0 aliphatic rings. The number of nitrogens with zero attached hydrogens (tertiary/aromatic N) is 1. The van der Waals surface area contributed by atoms with E-state index in [1.807, 2.05) is 66.7 Å². The lowest BCUT2D eigenvalue weighted by Gasteiger charge is -2.45. The van der Waals surface area contributed by atoms with Gasteiger partial charge in [0.1, 0.15) is 6.17 Å². The summed E-state index contributed by atoms with van der Waals surface area (Å²) in [6.45, 7) is 10.9. The number of carbonyl (C=O) groups is 1. The Morgan fingerprint density at radius 1 is 0.881 bits per heavy atom. The molecule has 1 amide bonds. The van der Waals surface area contributed by atoms with Gasteiger partial charge in [0.05, 0.1) is 12.6 Å². The fourth-order valence-electron chi connectivity index (χ4n) is 6.11. The van der Waals surface area contributed by atoms with Gasteiger partial charge in [0.15, 0.2) is 0 Å². The van der Waals surface area contributed by atoms with E-state index in [1.165, 1.54) is 0 Å². The summed E-state index contributed by atoms with van der Waals surface area (Å²) in [5.41, 5.74) is 6.72. The smallest absolute Gasteiger partial charge is 0.407 e. The molecule has 7 heteroatoms. The molecule has 0 spiro atoms. The zero-order valence-electron chi connectivity index (χ0n) is 25.9. The van der Waals surface area contributed by atoms with Crippen LogP contribution in [-0.2, 0) is 10.8 Å². The summed E-state index contributed by atoms with van der Waals surface area (Å²) in [5, 5.41) is 12.7. The van der Waals surface area contributed by atoms with Gasteiger partial charge in [-0.05, 0) is 52.6 Å². The van der Waals surface area contributed by atoms with Gasteiger partial charge >= 0.3 is 6.09 Å². The number of halogens is 1. The van der Waals surface area contributed by atoms with E-state index in [0.717, 1.165) is 15.9 Å². The predicted octanol–water partition coefficient (Wildman–Crippen LogP) is 6.65. The molecule has 0 aromatic heterocycles. The van der Waals surface area contributed by atoms with Crippen LogP contribution in [0, 0.1) is 5.92 Å². The molecule has 0 heterocycles. The first-order valence-electron chi connectivity index (χ1n) is 15.1. The summed E-state index contributed by atoms with van der Waals surface area (Å²) in [6, 6.07) is 29.8. The highest BCUT2D eigenvalue weighted by molar-refractivity contribution is 6.99. The summed E-state index contributed by atoms with van der Waals surface area (Å²) in [5.74, 6) is 0.275. The third-order valence-electron chi connectivity index (χ3n) is 8.04. The highest BCUT2D eigenvalue weighted by Crippen LogP contribution is 2.37. The molecule has 0 saturated carbocycles. The minimum atomic E-state index is -2.94. The fourth-order valence-corrected chi connectivity index (χ4v) is 10.7. The van der Waals surface area contributed by atoms with Crippen LogP contribution >= 0.6 is 0 Å². The second-order valence-corrected chi connectivity index (χ2v) is 17.0. The molecule has 0 aliphatic heterocycles. The Labute approximate surface area is 253 Å². The molecule has 3 aromatic rings. The Kier molecular flexibility index (Phi) is 12.3. The third-order valence-corrected chi connectivity index (χ3v) is 13.0. The van der Waals surface area contributed by atoms with Crippen molar-refractivity contribution in [2.45, 2.75) is 83.6 Å². The number of alkyl halides is 1. The van der Waals surface area contributed by atoms with E-state index < -0.39 is 26.6 Å². The van der Waals surface area contributed by atoms with Gasteiger partial charge in [0.25, 0.3) is 8.32 Å². The molecule has 3 aromatic carbocycles. The zero-order valence-corrected chi connectivity index (χ0v) is 26.9. The van der Waals surface area contributed by atoms with E-state index in [-0.39, 0.29) is 36.6 Å². The summed E-state index contributed by atoms with van der Waals surface area (Å²) < 4.78 is 21.8. The minimum absolute atomic E-state index is 0.0885. The van der Waals surface area contributed by atoms with Crippen molar-refractivity contribution in [1.29, 1.82) is 0 Å². The molecule has 2 unspecified atom stereocenters. The highest BCUT2D eigenvalue weighted by Gasteiger charge is 2.50. The fraction of sp³-hybridized carbons (Fsp3) is 0.457. The Balaban J connectivity index is 2.09. The van der Waals surface area contributed by atoms with E-state index in [1.54, 1.807) is 4.90 Å². The van der Waals surface area contributed by atoms with Gasteiger partial charge in [-0.2, -0.15) is 0 Å². The molecule has 0 bridgehead atoms. The van der Waals surface area contributed by atoms with Crippen molar-refractivity contribution in [2.75, 3.05) is 13.2 Å². The van der Waals surface area contributed by atoms with Crippen LogP contribution < -0.4 is 16.1 Å². The highest BCUT2D eigenvalue weighted by atomic mass is 28.4. The number of benzene rings is 3. The summed E-state index contributed by atoms with van der Waals surface area (Å²) >= 11 is 0. The molecule has 3 atom stereocenters. The van der Waals surface area contributed by atoms with Crippen molar-refractivity contribution in [1.82, 2.24) is 4.90 Å². The van der Waals surface area contributed by atoms with Crippen LogP contribution in [0.4, 0.5) is 9.18 Å². The molecular formula is C35H49FN2O3Si. The molecule has 3 N–H and O–H groups in total. The third kappa shape index (κ3) is 8.52. The van der Waals surface area contributed by atoms with Crippen LogP contribution in [0.1, 0.15) is 59.4 Å². The van der Waals surface area contributed by atoms with Gasteiger partial charge < -0.3 is 15.3 Å². The normalized spacial score (nSPS) is 14.4. The molecule has 3 rings (SSSR count). The van der Waals surface area contributed by atoms with Gasteiger partial charge in [-0.15, -0.1) is 0 Å². The van der Waals surface area contributed by atoms with Gasteiger partial charge in [-0.3, -0.25) is 4.90 Å². The lowest BCUT2D eigenvalue weighted by atomic mass is 9.94. The van der Waals surface area contributed by atoms with Crippen LogP contribution in [0.3, 0.4) is 0 Å². The first-order chi connectivity index (χ1) is 20.0. The molecule has 0 radical (unpaired) electrons. The number of amides is 1. The molecule has 0 fully saturated rings. The maximum atomic E-state index is 14.6. The monoisotopic (exact) mass is 592 g/mol. The maximum Gasteiger partial charge on any atom is 0.407 e. The van der Waals surface area contributed by atoms with Crippen LogP contribution in [0.15, 0.2) is 91.0 Å². The van der Waals surface area contributed by atoms with Crippen molar-refractivity contribution < 1.29 is 18.7 Å². The molecule has 0 saturated heterocycles. The SMILES string of the molecule is CC(C)CC(Cc1ccccc1)N(C(=O)O)[C@@H](CCC(F)CN)CO[Si](c1ccccc1)(c1ccccc1)C(C)(C)C. The lowest BCUT2D eigenvalue weighted by Crippen LogP contribution is -2.67. The van der Waals surface area contributed by atoms with Crippen LogP contribution in [0.25, 0.3) is 0 Å². The Bertz CT molecular complexity index is 1170. The second kappa shape index (κ2) is 15.5. The quantitative estimate of drug-likeness (QED) is 0.194. The average molecular weight is 593 g/mol. The number of hydrogen-bond donors (Lipinski definition) is 2. The second-order valence-electron chi connectivity index (χ2n) is 12.7. The van der Waals surface area contributed by atoms with E-state index in [9.17, 15) is 14.3 Å². The van der Waals surface area contributed by atoms with Crippen molar-refractivity contribution in [3.8, 4) is 0 Å². The number of nitrogens with two attached hydrogens (primary N) is 1. The predicted molar refractivity (Wildman–Crippen MR) is 174 cm³/mol. The van der Waals surface area contributed by atoms with Crippen molar-refractivity contribution >= 4 is 24.8 Å². The standard InChI is InChI=1S/C35H49FN2O3Si/c1-27(2)23-31(24-28-15-9-6-10-16-28)38(34(39)40)30(22-21-29(36)25-37)26-41-42(35(3,4)5,32-17-11-7-12-18-32)33-19-13-8-14-20-33/h6-20,27,29-31H,21-26,37H2,1-5H3,(H,39,40)/t29?,30-,31?/m0/s1. The Morgan fingerprint density at radius 3 is 1.81 bits per heavy atom. The van der Waals surface area contributed by atoms with Gasteiger partial charge in [0, 0.05) is 12.6 Å². The zero-order chi connectivity index (χ0) is 30.8. The number of rotatable bonds is 15. The largest absolute Gasteiger partial charge is 0.465 e. The number of hydrogen-bond acceptors (Lipinski definition) is 3. The van der Waals surface area contributed by atoms with E-state index in [0.29, 0.717) is 19.3 Å². The van der Waals surface area contributed by atoms with Crippen LogP contribution in [0.5, 0.6) is 0 Å². The lowest BCUT2D eigenvalue weighted by molar-refractivity contribution is 0.0610. The molecule has 0 aliphatic carbocycles. The molecule has 228 valence electrons. The molecule has 5 nitrogen and oxygen atoms in total. The summed E-state index contributed by atoms with van der Waals surface area (Å²) in [6.07, 6.45) is -0.435. The Hall–Kier alpha value is -3.00. The van der Waals surface area contributed by atoms with Gasteiger partial charge in [-0.1, -0.05) is 126 Å². The Morgan fingerprint density at radius 2 is 1.38 bits per heavy atom. The van der Waals surface area contributed by atoms with E-state index in [2.05, 4.69) is 58.9 Å². The average Bonchev–Trinajstić information content (AvgIpc) is 2.96. The summed E-state index contributed by atoms with van der Waals surface area (Å²) in [4.78, 5) is 14.7. The first kappa shape index (κ1) is 33.5. The van der Waals surface area contributed by atoms with Gasteiger partial charge in [-0.25, -0.2) is 9.18 Å².